The predicted molar refractivity (Wildman–Crippen MR) is 43.7 cm³/mol. The largest absolute Gasteiger partial charge is 0.328 e. The molecule has 1 nitrogen and oxygen atoms in total. The highest BCUT2D eigenvalue weighted by Gasteiger charge is 2.14. The van der Waals surface area contributed by atoms with Gasteiger partial charge in [-0.2, -0.15) is 0 Å². The van der Waals surface area contributed by atoms with Crippen LogP contribution in [0.5, 0.6) is 0 Å². The second-order valence-corrected chi connectivity index (χ2v) is 3.00. The molecular weight excluding hydrogens is 179 g/mol. The summed E-state index contributed by atoms with van der Waals surface area (Å²) in [6, 6.07) is 1.26. The molecule has 1 atom stereocenters. The molecule has 0 aromatic heterocycles. The molecule has 1 rings (SSSR count). The van der Waals surface area contributed by atoms with Crippen LogP contribution in [0.4, 0.5) is 13.2 Å². The number of benzene rings is 1. The van der Waals surface area contributed by atoms with Crippen LogP contribution in [0.3, 0.4) is 0 Å². The Balaban J connectivity index is 3.10. The zero-order valence-electron chi connectivity index (χ0n) is 7.15. The van der Waals surface area contributed by atoms with E-state index in [1.54, 1.807) is 6.92 Å². The molecule has 2 N–H and O–H groups in total. The standard InChI is InChI=1S/C9H10F3N/c1-5(13)4-6-7(10)2-3-8(11)9(6)12/h2-3,5H,4,13H2,1H3/t5-/m1/s1. The summed E-state index contributed by atoms with van der Waals surface area (Å²) in [5.74, 6) is -2.94. The topological polar surface area (TPSA) is 26.0 Å². The van der Waals surface area contributed by atoms with Gasteiger partial charge in [0.2, 0.25) is 0 Å². The van der Waals surface area contributed by atoms with E-state index in [-0.39, 0.29) is 12.0 Å². The highest BCUT2D eigenvalue weighted by molar-refractivity contribution is 5.21. The molecule has 0 heterocycles. The zero-order valence-corrected chi connectivity index (χ0v) is 7.15. The van der Waals surface area contributed by atoms with Crippen LogP contribution in [-0.4, -0.2) is 6.04 Å². The maximum Gasteiger partial charge on any atom is 0.164 e. The summed E-state index contributed by atoms with van der Waals surface area (Å²) in [5, 5.41) is 0. The van der Waals surface area contributed by atoms with Crippen LogP contribution in [0.2, 0.25) is 0 Å². The fourth-order valence-electron chi connectivity index (χ4n) is 1.08. The summed E-state index contributed by atoms with van der Waals surface area (Å²) in [6.07, 6.45) is -0.00454. The van der Waals surface area contributed by atoms with Gasteiger partial charge >= 0.3 is 0 Å². The first-order chi connectivity index (χ1) is 6.02. The summed E-state index contributed by atoms with van der Waals surface area (Å²) in [7, 11) is 0. The molecule has 0 radical (unpaired) electrons. The van der Waals surface area contributed by atoms with Crippen LogP contribution in [0.15, 0.2) is 12.1 Å². The lowest BCUT2D eigenvalue weighted by Crippen LogP contribution is -2.19. The molecule has 72 valence electrons. The van der Waals surface area contributed by atoms with Crippen molar-refractivity contribution in [3.8, 4) is 0 Å². The van der Waals surface area contributed by atoms with E-state index in [0.717, 1.165) is 12.1 Å². The molecular formula is C9H10F3N. The molecule has 0 unspecified atom stereocenters. The third kappa shape index (κ3) is 2.21. The van der Waals surface area contributed by atoms with Crippen LogP contribution < -0.4 is 5.73 Å². The number of rotatable bonds is 2. The van der Waals surface area contributed by atoms with Crippen LogP contribution in [0.25, 0.3) is 0 Å². The van der Waals surface area contributed by atoms with Crippen molar-refractivity contribution in [1.82, 2.24) is 0 Å². The lowest BCUT2D eigenvalue weighted by atomic mass is 10.1. The molecule has 13 heavy (non-hydrogen) atoms. The van der Waals surface area contributed by atoms with Crippen LogP contribution in [0, 0.1) is 17.5 Å². The summed E-state index contributed by atoms with van der Waals surface area (Å²) in [6.45, 7) is 1.60. The summed E-state index contributed by atoms with van der Waals surface area (Å²) < 4.78 is 38.5. The van der Waals surface area contributed by atoms with E-state index in [0.29, 0.717) is 0 Å². The molecule has 0 spiro atoms. The Morgan fingerprint density at radius 2 is 1.77 bits per heavy atom. The van der Waals surface area contributed by atoms with Crippen molar-refractivity contribution in [2.75, 3.05) is 0 Å². The number of hydrogen-bond acceptors (Lipinski definition) is 1. The van der Waals surface area contributed by atoms with E-state index in [2.05, 4.69) is 0 Å². The summed E-state index contributed by atoms with van der Waals surface area (Å²) in [5.41, 5.74) is 5.07. The Hall–Kier alpha value is -1.03. The normalized spacial score (nSPS) is 13.0. The van der Waals surface area contributed by atoms with Crippen molar-refractivity contribution in [1.29, 1.82) is 0 Å². The Kier molecular flexibility index (Phi) is 2.93. The minimum atomic E-state index is -1.14. The first-order valence-electron chi connectivity index (χ1n) is 3.90. The molecule has 0 bridgehead atoms. The van der Waals surface area contributed by atoms with Gasteiger partial charge in [-0.3, -0.25) is 0 Å². The monoisotopic (exact) mass is 189 g/mol. The van der Waals surface area contributed by atoms with Gasteiger partial charge < -0.3 is 5.73 Å². The number of hydrogen-bond donors (Lipinski definition) is 1. The minimum Gasteiger partial charge on any atom is -0.328 e. The van der Waals surface area contributed by atoms with Gasteiger partial charge in [0, 0.05) is 11.6 Å². The van der Waals surface area contributed by atoms with Gasteiger partial charge in [-0.05, 0) is 25.5 Å². The second-order valence-electron chi connectivity index (χ2n) is 3.00. The molecule has 0 amide bonds. The molecule has 0 aliphatic carbocycles. The maximum absolute atomic E-state index is 13.0. The Morgan fingerprint density at radius 3 is 2.31 bits per heavy atom. The lowest BCUT2D eigenvalue weighted by Gasteiger charge is -2.07. The Bertz CT molecular complexity index is 310. The van der Waals surface area contributed by atoms with Gasteiger partial charge in [-0.1, -0.05) is 0 Å². The third-order valence-corrected chi connectivity index (χ3v) is 1.67. The van der Waals surface area contributed by atoms with E-state index in [1.165, 1.54) is 0 Å². The second kappa shape index (κ2) is 3.79. The van der Waals surface area contributed by atoms with Crippen molar-refractivity contribution < 1.29 is 13.2 Å². The average molecular weight is 189 g/mol. The van der Waals surface area contributed by atoms with Gasteiger partial charge in [-0.25, -0.2) is 13.2 Å². The third-order valence-electron chi connectivity index (χ3n) is 1.67. The molecule has 4 heteroatoms. The molecule has 1 aromatic carbocycles. The molecule has 0 aliphatic rings. The fraction of sp³-hybridized carbons (Fsp3) is 0.333. The van der Waals surface area contributed by atoms with E-state index in [1.807, 2.05) is 0 Å². The van der Waals surface area contributed by atoms with Gasteiger partial charge in [0.1, 0.15) is 5.82 Å². The minimum absolute atomic E-state index is 0.00454. The van der Waals surface area contributed by atoms with Gasteiger partial charge in [0.25, 0.3) is 0 Å². The number of nitrogens with two attached hydrogens (primary N) is 1. The van der Waals surface area contributed by atoms with Gasteiger partial charge in [0.05, 0.1) is 0 Å². The van der Waals surface area contributed by atoms with Crippen LogP contribution in [-0.2, 0) is 6.42 Å². The van der Waals surface area contributed by atoms with E-state index >= 15 is 0 Å². The van der Waals surface area contributed by atoms with Gasteiger partial charge in [0.15, 0.2) is 11.6 Å². The summed E-state index contributed by atoms with van der Waals surface area (Å²) in [4.78, 5) is 0. The molecule has 0 fully saturated rings. The zero-order chi connectivity index (χ0) is 10.0. The molecule has 1 aromatic rings. The average Bonchev–Trinajstić information content (AvgIpc) is 2.05. The molecule has 0 saturated carbocycles. The quantitative estimate of drug-likeness (QED) is 0.707. The van der Waals surface area contributed by atoms with E-state index < -0.39 is 23.5 Å². The smallest absolute Gasteiger partial charge is 0.164 e. The number of halogens is 3. The lowest BCUT2D eigenvalue weighted by molar-refractivity contribution is 0.474. The molecule has 0 aliphatic heterocycles. The summed E-state index contributed by atoms with van der Waals surface area (Å²) >= 11 is 0. The van der Waals surface area contributed by atoms with Crippen molar-refractivity contribution in [3.05, 3.63) is 35.1 Å². The van der Waals surface area contributed by atoms with Crippen molar-refractivity contribution in [2.45, 2.75) is 19.4 Å². The van der Waals surface area contributed by atoms with Crippen molar-refractivity contribution in [2.24, 2.45) is 5.73 Å². The molecule has 0 saturated heterocycles. The van der Waals surface area contributed by atoms with E-state index in [9.17, 15) is 13.2 Å². The highest BCUT2D eigenvalue weighted by Crippen LogP contribution is 2.16. The fourth-order valence-corrected chi connectivity index (χ4v) is 1.08. The Morgan fingerprint density at radius 1 is 1.23 bits per heavy atom. The van der Waals surface area contributed by atoms with Crippen LogP contribution >= 0.6 is 0 Å². The van der Waals surface area contributed by atoms with Crippen LogP contribution in [0.1, 0.15) is 12.5 Å². The predicted octanol–water partition coefficient (Wildman–Crippen LogP) is 1.99. The van der Waals surface area contributed by atoms with Gasteiger partial charge in [-0.15, -0.1) is 0 Å². The highest BCUT2D eigenvalue weighted by atomic mass is 19.2. The van der Waals surface area contributed by atoms with E-state index in [4.69, 9.17) is 5.73 Å². The maximum atomic E-state index is 13.0. The van der Waals surface area contributed by atoms with Crippen molar-refractivity contribution >= 4 is 0 Å². The SMILES string of the molecule is C[C@@H](N)Cc1c(F)ccc(F)c1F. The first-order valence-corrected chi connectivity index (χ1v) is 3.90. The Labute approximate surface area is 74.4 Å². The first kappa shape index (κ1) is 10.1. The van der Waals surface area contributed by atoms with Crippen molar-refractivity contribution in [3.63, 3.8) is 0 Å².